The highest BCUT2D eigenvalue weighted by Crippen LogP contribution is 2.08. The molecule has 0 fully saturated rings. The van der Waals surface area contributed by atoms with Crippen LogP contribution in [0.15, 0.2) is 31.1 Å². The lowest BCUT2D eigenvalue weighted by Crippen LogP contribution is -2.31. The highest BCUT2D eigenvalue weighted by molar-refractivity contribution is 4.83. The van der Waals surface area contributed by atoms with Gasteiger partial charge in [0, 0.05) is 32.0 Å². The van der Waals surface area contributed by atoms with E-state index in [1.165, 1.54) is 0 Å². The fraction of sp³-hybridized carbons (Fsp3) is 0.545. The van der Waals surface area contributed by atoms with Crippen molar-refractivity contribution < 1.29 is 4.74 Å². The van der Waals surface area contributed by atoms with Crippen LogP contribution >= 0.6 is 0 Å². The Balaban J connectivity index is 1.57. The van der Waals surface area contributed by atoms with E-state index in [0.29, 0.717) is 6.10 Å². The zero-order valence-corrected chi connectivity index (χ0v) is 8.80. The fourth-order valence-electron chi connectivity index (χ4n) is 1.63. The van der Waals surface area contributed by atoms with Gasteiger partial charge in [-0.15, -0.1) is 0 Å². The molecule has 0 bridgehead atoms. The van der Waals surface area contributed by atoms with Gasteiger partial charge >= 0.3 is 0 Å². The Bertz CT molecular complexity index is 295. The Hall–Kier alpha value is -1.29. The molecule has 0 saturated heterocycles. The number of hydrogen-bond acceptors (Lipinski definition) is 3. The summed E-state index contributed by atoms with van der Waals surface area (Å²) in [5, 5.41) is 3.39. The molecule has 0 radical (unpaired) electrons. The number of aromatic nitrogens is 2. The Morgan fingerprint density at radius 2 is 2.53 bits per heavy atom. The third-order valence-electron chi connectivity index (χ3n) is 2.50. The van der Waals surface area contributed by atoms with Crippen LogP contribution in [0.5, 0.6) is 0 Å². The van der Waals surface area contributed by atoms with Crippen LogP contribution in [0, 0.1) is 0 Å². The molecule has 15 heavy (non-hydrogen) atoms. The number of nitrogens with one attached hydrogen (secondary N) is 1. The summed E-state index contributed by atoms with van der Waals surface area (Å²) in [7, 11) is 0. The minimum atomic E-state index is 0.345. The summed E-state index contributed by atoms with van der Waals surface area (Å²) in [5.74, 6) is 0. The number of nitrogens with zero attached hydrogens (tertiary/aromatic N) is 2. The number of rotatable bonds is 5. The van der Waals surface area contributed by atoms with E-state index in [0.717, 1.165) is 32.5 Å². The van der Waals surface area contributed by atoms with Gasteiger partial charge in [-0.3, -0.25) is 0 Å². The second kappa shape index (κ2) is 5.56. The van der Waals surface area contributed by atoms with Crippen molar-refractivity contribution in [1.82, 2.24) is 14.9 Å². The second-order valence-electron chi connectivity index (χ2n) is 3.71. The molecule has 1 unspecified atom stereocenters. The van der Waals surface area contributed by atoms with Crippen LogP contribution in [-0.4, -0.2) is 28.7 Å². The predicted octanol–water partition coefficient (Wildman–Crippen LogP) is 1.17. The number of allylic oxidation sites excluding steroid dienone is 1. The number of hydrogen-bond donors (Lipinski definition) is 1. The van der Waals surface area contributed by atoms with Crippen LogP contribution in [0.4, 0.5) is 0 Å². The Morgan fingerprint density at radius 3 is 3.27 bits per heavy atom. The molecule has 0 spiro atoms. The van der Waals surface area contributed by atoms with Crippen molar-refractivity contribution in [3.8, 4) is 0 Å². The van der Waals surface area contributed by atoms with E-state index in [1.54, 1.807) is 6.20 Å². The van der Waals surface area contributed by atoms with Gasteiger partial charge in [-0.2, -0.15) is 0 Å². The van der Waals surface area contributed by atoms with Crippen molar-refractivity contribution in [2.75, 3.05) is 13.1 Å². The third kappa shape index (κ3) is 3.40. The second-order valence-corrected chi connectivity index (χ2v) is 3.71. The molecule has 4 nitrogen and oxygen atoms in total. The zero-order valence-electron chi connectivity index (χ0n) is 8.80. The molecule has 1 N–H and O–H groups in total. The first kappa shape index (κ1) is 10.2. The number of imidazole rings is 1. The van der Waals surface area contributed by atoms with Crippen molar-refractivity contribution in [2.24, 2.45) is 0 Å². The van der Waals surface area contributed by atoms with Crippen LogP contribution in [0.1, 0.15) is 12.8 Å². The molecule has 1 aromatic rings. The predicted molar refractivity (Wildman–Crippen MR) is 58.3 cm³/mol. The maximum atomic E-state index is 5.45. The minimum Gasteiger partial charge on any atom is -0.497 e. The molecule has 1 aromatic heterocycles. The van der Waals surface area contributed by atoms with Crippen LogP contribution in [-0.2, 0) is 11.3 Å². The molecule has 2 rings (SSSR count). The Morgan fingerprint density at radius 1 is 1.53 bits per heavy atom. The van der Waals surface area contributed by atoms with E-state index in [4.69, 9.17) is 4.74 Å². The smallest absolute Gasteiger partial charge is 0.110 e. The van der Waals surface area contributed by atoms with Gasteiger partial charge in [-0.05, 0) is 18.9 Å². The minimum absolute atomic E-state index is 0.345. The molecule has 0 aromatic carbocycles. The van der Waals surface area contributed by atoms with Crippen LogP contribution in [0.3, 0.4) is 0 Å². The molecule has 1 aliphatic heterocycles. The molecule has 1 atom stereocenters. The van der Waals surface area contributed by atoms with Crippen molar-refractivity contribution in [3.63, 3.8) is 0 Å². The van der Waals surface area contributed by atoms with Gasteiger partial charge in [-0.1, -0.05) is 0 Å². The summed E-state index contributed by atoms with van der Waals surface area (Å²) < 4.78 is 7.52. The molecule has 2 heterocycles. The highest BCUT2D eigenvalue weighted by atomic mass is 16.5. The van der Waals surface area contributed by atoms with Gasteiger partial charge in [0.25, 0.3) is 0 Å². The molecular weight excluding hydrogens is 190 g/mol. The van der Waals surface area contributed by atoms with Gasteiger partial charge < -0.3 is 14.6 Å². The lowest BCUT2D eigenvalue weighted by atomic mass is 10.1. The van der Waals surface area contributed by atoms with Gasteiger partial charge in [-0.25, -0.2) is 4.98 Å². The van der Waals surface area contributed by atoms with E-state index in [-0.39, 0.29) is 0 Å². The Kier molecular flexibility index (Phi) is 3.79. The third-order valence-corrected chi connectivity index (χ3v) is 2.50. The first-order valence-electron chi connectivity index (χ1n) is 5.42. The average molecular weight is 207 g/mol. The molecule has 82 valence electrons. The first-order valence-corrected chi connectivity index (χ1v) is 5.42. The van der Waals surface area contributed by atoms with Crippen LogP contribution in [0.25, 0.3) is 0 Å². The van der Waals surface area contributed by atoms with Crippen molar-refractivity contribution in [3.05, 3.63) is 31.1 Å². The monoisotopic (exact) mass is 207 g/mol. The van der Waals surface area contributed by atoms with E-state index in [1.807, 2.05) is 18.8 Å². The number of ether oxygens (including phenoxy) is 1. The van der Waals surface area contributed by atoms with Gasteiger partial charge in [0.15, 0.2) is 0 Å². The standard InChI is InChI=1S/C11H17N3O/c1-2-8-15-11(3-1)9-12-4-6-14-7-5-13-10-14/h2,5,7-8,10-12H,1,3-4,6,9H2. The molecular formula is C11H17N3O. The van der Waals surface area contributed by atoms with Crippen molar-refractivity contribution in [1.29, 1.82) is 0 Å². The first-order chi connectivity index (χ1) is 7.45. The summed E-state index contributed by atoms with van der Waals surface area (Å²) in [5.41, 5.74) is 0. The van der Waals surface area contributed by atoms with E-state index in [9.17, 15) is 0 Å². The summed E-state index contributed by atoms with van der Waals surface area (Å²) in [4.78, 5) is 3.99. The van der Waals surface area contributed by atoms with E-state index in [2.05, 4.69) is 20.9 Å². The molecule has 0 saturated carbocycles. The topological polar surface area (TPSA) is 39.1 Å². The summed E-state index contributed by atoms with van der Waals surface area (Å²) in [6.45, 7) is 2.85. The van der Waals surface area contributed by atoms with Crippen LogP contribution in [0.2, 0.25) is 0 Å². The summed E-state index contributed by atoms with van der Waals surface area (Å²) >= 11 is 0. The van der Waals surface area contributed by atoms with Gasteiger partial charge in [0.1, 0.15) is 6.10 Å². The quantitative estimate of drug-likeness (QED) is 0.737. The van der Waals surface area contributed by atoms with Gasteiger partial charge in [0.2, 0.25) is 0 Å². The largest absolute Gasteiger partial charge is 0.497 e. The highest BCUT2D eigenvalue weighted by Gasteiger charge is 2.09. The average Bonchev–Trinajstić information content (AvgIpc) is 2.79. The van der Waals surface area contributed by atoms with Gasteiger partial charge in [0.05, 0.1) is 12.6 Å². The normalized spacial score (nSPS) is 20.1. The zero-order chi connectivity index (χ0) is 10.3. The fourth-order valence-corrected chi connectivity index (χ4v) is 1.63. The molecule has 0 amide bonds. The maximum absolute atomic E-state index is 5.45. The summed E-state index contributed by atoms with van der Waals surface area (Å²) in [6.07, 6.45) is 12.1. The van der Waals surface area contributed by atoms with E-state index < -0.39 is 0 Å². The lowest BCUT2D eigenvalue weighted by molar-refractivity contribution is 0.122. The Labute approximate surface area is 90.0 Å². The molecule has 0 aliphatic carbocycles. The maximum Gasteiger partial charge on any atom is 0.110 e. The van der Waals surface area contributed by atoms with Crippen molar-refractivity contribution in [2.45, 2.75) is 25.5 Å². The SMILES string of the molecule is C1=COC(CNCCn2ccnc2)CC1. The molecule has 1 aliphatic rings. The van der Waals surface area contributed by atoms with Crippen LogP contribution < -0.4 is 5.32 Å². The molecule has 4 heteroatoms. The lowest BCUT2D eigenvalue weighted by Gasteiger charge is -2.19. The van der Waals surface area contributed by atoms with E-state index >= 15 is 0 Å². The van der Waals surface area contributed by atoms with Crippen molar-refractivity contribution >= 4 is 0 Å². The summed E-state index contributed by atoms with van der Waals surface area (Å²) in [6, 6.07) is 0.